The van der Waals surface area contributed by atoms with Gasteiger partial charge in [0.05, 0.1) is 18.7 Å². The Morgan fingerprint density at radius 2 is 1.87 bits per heavy atom. The Bertz CT molecular complexity index is 614. The van der Waals surface area contributed by atoms with Gasteiger partial charge in [0.25, 0.3) is 0 Å². The number of hydrogen-bond donors (Lipinski definition) is 0. The normalized spacial score (nSPS) is 16.7. The summed E-state index contributed by atoms with van der Waals surface area (Å²) in [6.07, 6.45) is 1.78. The van der Waals surface area contributed by atoms with Crippen molar-refractivity contribution in [1.82, 2.24) is 19.8 Å². The summed E-state index contributed by atoms with van der Waals surface area (Å²) in [5, 5.41) is 1.02. The lowest BCUT2D eigenvalue weighted by Gasteiger charge is -2.32. The first-order valence-electron chi connectivity index (χ1n) is 8.14. The van der Waals surface area contributed by atoms with Gasteiger partial charge in [-0.2, -0.15) is 4.98 Å². The first-order chi connectivity index (χ1) is 11.3. The van der Waals surface area contributed by atoms with E-state index in [0.717, 1.165) is 50.2 Å². The van der Waals surface area contributed by atoms with Gasteiger partial charge in [-0.15, -0.1) is 0 Å². The second-order valence-corrected chi connectivity index (χ2v) is 5.82. The maximum absolute atomic E-state index is 5.64. The Labute approximate surface area is 137 Å². The molecule has 0 bridgehead atoms. The summed E-state index contributed by atoms with van der Waals surface area (Å²) >= 11 is 0. The van der Waals surface area contributed by atoms with Gasteiger partial charge in [-0.3, -0.25) is 4.90 Å². The average molecular weight is 316 g/mol. The van der Waals surface area contributed by atoms with Crippen LogP contribution in [-0.4, -0.2) is 79.4 Å². The Kier molecular flexibility index (Phi) is 5.74. The Balaban J connectivity index is 1.31. The van der Waals surface area contributed by atoms with Crippen molar-refractivity contribution in [1.29, 1.82) is 0 Å². The SMILES string of the molecule is CN1CCN(CCOCCOc2ncc3ccccc3n2)CC1. The molecule has 2 aromatic rings. The van der Waals surface area contributed by atoms with Gasteiger partial charge in [-0.25, -0.2) is 4.98 Å². The van der Waals surface area contributed by atoms with Gasteiger partial charge in [0.15, 0.2) is 0 Å². The molecule has 6 heteroatoms. The zero-order chi connectivity index (χ0) is 15.9. The van der Waals surface area contributed by atoms with Crippen LogP contribution < -0.4 is 4.74 Å². The van der Waals surface area contributed by atoms with E-state index in [0.29, 0.717) is 19.2 Å². The standard InChI is InChI=1S/C17H24N4O2/c1-20-6-8-21(9-7-20)10-11-22-12-13-23-17-18-14-15-4-2-3-5-16(15)19-17/h2-5,14H,6-13H2,1H3. The summed E-state index contributed by atoms with van der Waals surface area (Å²) in [4.78, 5) is 13.4. The zero-order valence-corrected chi connectivity index (χ0v) is 13.6. The van der Waals surface area contributed by atoms with E-state index in [-0.39, 0.29) is 0 Å². The molecule has 6 nitrogen and oxygen atoms in total. The summed E-state index contributed by atoms with van der Waals surface area (Å²) in [5.41, 5.74) is 0.897. The fraction of sp³-hybridized carbons (Fsp3) is 0.529. The molecule has 0 N–H and O–H groups in total. The van der Waals surface area contributed by atoms with E-state index in [1.807, 2.05) is 24.3 Å². The van der Waals surface area contributed by atoms with Crippen molar-refractivity contribution in [2.45, 2.75) is 0 Å². The molecular formula is C17H24N4O2. The molecule has 0 spiro atoms. The monoisotopic (exact) mass is 316 g/mol. The topological polar surface area (TPSA) is 50.7 Å². The number of rotatable bonds is 7. The van der Waals surface area contributed by atoms with E-state index >= 15 is 0 Å². The number of aromatic nitrogens is 2. The van der Waals surface area contributed by atoms with E-state index in [1.54, 1.807) is 6.20 Å². The molecule has 0 aliphatic carbocycles. The molecule has 0 amide bonds. The highest BCUT2D eigenvalue weighted by molar-refractivity contribution is 5.77. The molecule has 1 aliphatic heterocycles. The van der Waals surface area contributed by atoms with Gasteiger partial charge in [0, 0.05) is 44.3 Å². The molecule has 1 aromatic carbocycles. The number of piperazine rings is 1. The third-order valence-electron chi connectivity index (χ3n) is 4.07. The number of nitrogens with zero attached hydrogens (tertiary/aromatic N) is 4. The van der Waals surface area contributed by atoms with Crippen molar-refractivity contribution < 1.29 is 9.47 Å². The summed E-state index contributed by atoms with van der Waals surface area (Å²) in [7, 11) is 2.17. The number of benzene rings is 1. The molecule has 1 fully saturated rings. The number of fused-ring (bicyclic) bond motifs is 1. The molecule has 1 aliphatic rings. The van der Waals surface area contributed by atoms with Crippen LogP contribution in [0.2, 0.25) is 0 Å². The minimum absolute atomic E-state index is 0.409. The summed E-state index contributed by atoms with van der Waals surface area (Å²) < 4.78 is 11.2. The maximum atomic E-state index is 5.64. The molecule has 0 atom stereocenters. The van der Waals surface area contributed by atoms with E-state index < -0.39 is 0 Å². The number of likely N-dealkylation sites (N-methyl/N-ethyl adjacent to an activating group) is 1. The number of ether oxygens (including phenoxy) is 2. The maximum Gasteiger partial charge on any atom is 0.316 e. The number of hydrogen-bond acceptors (Lipinski definition) is 6. The second kappa shape index (κ2) is 8.19. The highest BCUT2D eigenvalue weighted by Crippen LogP contribution is 2.12. The lowest BCUT2D eigenvalue weighted by atomic mass is 10.2. The van der Waals surface area contributed by atoms with Crippen molar-refractivity contribution >= 4 is 10.9 Å². The van der Waals surface area contributed by atoms with Crippen LogP contribution in [0.5, 0.6) is 6.01 Å². The smallest absolute Gasteiger partial charge is 0.316 e. The van der Waals surface area contributed by atoms with Crippen LogP contribution >= 0.6 is 0 Å². The molecule has 23 heavy (non-hydrogen) atoms. The third-order valence-corrected chi connectivity index (χ3v) is 4.07. The average Bonchev–Trinajstić information content (AvgIpc) is 2.59. The predicted octanol–water partition coefficient (Wildman–Crippen LogP) is 1.27. The minimum atomic E-state index is 0.409. The lowest BCUT2D eigenvalue weighted by Crippen LogP contribution is -2.45. The highest BCUT2D eigenvalue weighted by atomic mass is 16.5. The van der Waals surface area contributed by atoms with Gasteiger partial charge in [0.2, 0.25) is 0 Å². The van der Waals surface area contributed by atoms with Gasteiger partial charge in [-0.1, -0.05) is 18.2 Å². The van der Waals surface area contributed by atoms with Gasteiger partial charge >= 0.3 is 6.01 Å². The van der Waals surface area contributed by atoms with Crippen LogP contribution in [-0.2, 0) is 4.74 Å². The molecule has 3 rings (SSSR count). The van der Waals surface area contributed by atoms with Crippen molar-refractivity contribution in [2.24, 2.45) is 0 Å². The van der Waals surface area contributed by atoms with Gasteiger partial charge in [-0.05, 0) is 13.1 Å². The number of para-hydroxylation sites is 1. The lowest BCUT2D eigenvalue weighted by molar-refractivity contribution is 0.0641. The Morgan fingerprint density at radius 3 is 2.74 bits per heavy atom. The van der Waals surface area contributed by atoms with Gasteiger partial charge in [0.1, 0.15) is 6.61 Å². The molecular weight excluding hydrogens is 292 g/mol. The van der Waals surface area contributed by atoms with E-state index in [1.165, 1.54) is 0 Å². The van der Waals surface area contributed by atoms with Gasteiger partial charge < -0.3 is 14.4 Å². The third kappa shape index (κ3) is 4.86. The first-order valence-corrected chi connectivity index (χ1v) is 8.14. The van der Waals surface area contributed by atoms with Crippen LogP contribution in [0.1, 0.15) is 0 Å². The predicted molar refractivity (Wildman–Crippen MR) is 89.8 cm³/mol. The van der Waals surface area contributed by atoms with Crippen molar-refractivity contribution in [2.75, 3.05) is 59.6 Å². The van der Waals surface area contributed by atoms with Crippen LogP contribution in [0.3, 0.4) is 0 Å². The Hall–Kier alpha value is -1.76. The molecule has 0 unspecified atom stereocenters. The quantitative estimate of drug-likeness (QED) is 0.717. The van der Waals surface area contributed by atoms with Crippen LogP contribution in [0.4, 0.5) is 0 Å². The van der Waals surface area contributed by atoms with Crippen molar-refractivity contribution in [3.8, 4) is 6.01 Å². The molecule has 1 saturated heterocycles. The summed E-state index contributed by atoms with van der Waals surface area (Å²) in [6, 6.07) is 8.28. The minimum Gasteiger partial charge on any atom is -0.461 e. The molecule has 0 saturated carbocycles. The molecule has 124 valence electrons. The first kappa shape index (κ1) is 16.1. The van der Waals surface area contributed by atoms with Crippen LogP contribution in [0.25, 0.3) is 10.9 Å². The van der Waals surface area contributed by atoms with Crippen LogP contribution in [0, 0.1) is 0 Å². The fourth-order valence-electron chi connectivity index (χ4n) is 2.58. The largest absolute Gasteiger partial charge is 0.461 e. The summed E-state index contributed by atoms with van der Waals surface area (Å²) in [5.74, 6) is 0. The second-order valence-electron chi connectivity index (χ2n) is 5.82. The molecule has 1 aromatic heterocycles. The summed E-state index contributed by atoms with van der Waals surface area (Å²) in [6.45, 7) is 7.30. The van der Waals surface area contributed by atoms with Crippen molar-refractivity contribution in [3.05, 3.63) is 30.5 Å². The zero-order valence-electron chi connectivity index (χ0n) is 13.6. The molecule has 0 radical (unpaired) electrons. The van der Waals surface area contributed by atoms with Crippen molar-refractivity contribution in [3.63, 3.8) is 0 Å². The van der Waals surface area contributed by atoms with Crippen LogP contribution in [0.15, 0.2) is 30.5 Å². The molecule has 2 heterocycles. The highest BCUT2D eigenvalue weighted by Gasteiger charge is 2.12. The van der Waals surface area contributed by atoms with E-state index in [9.17, 15) is 0 Å². The van der Waals surface area contributed by atoms with E-state index in [4.69, 9.17) is 9.47 Å². The fourth-order valence-corrected chi connectivity index (χ4v) is 2.58. The van der Waals surface area contributed by atoms with E-state index in [2.05, 4.69) is 26.8 Å². The Morgan fingerprint density at radius 1 is 1.04 bits per heavy atom.